The van der Waals surface area contributed by atoms with Crippen LogP contribution in [0.3, 0.4) is 0 Å². The van der Waals surface area contributed by atoms with Crippen LogP contribution >= 0.6 is 0 Å². The van der Waals surface area contributed by atoms with Crippen molar-refractivity contribution >= 4 is 39.2 Å². The summed E-state index contributed by atoms with van der Waals surface area (Å²) in [7, 11) is 0. The van der Waals surface area contributed by atoms with E-state index in [0.29, 0.717) is 0 Å². The quantitative estimate of drug-likeness (QED) is 0.135. The summed E-state index contributed by atoms with van der Waals surface area (Å²) < 4.78 is 2.36. The molecule has 0 fully saturated rings. The zero-order valence-corrected chi connectivity index (χ0v) is 24.8. The number of para-hydroxylation sites is 2. The Morgan fingerprint density at radius 1 is 0.682 bits per heavy atom. The largest absolute Gasteiger partial charge is 0.309 e. The minimum absolute atomic E-state index is 0.138. The summed E-state index contributed by atoms with van der Waals surface area (Å²) in [6.07, 6.45) is 15.9. The van der Waals surface area contributed by atoms with Gasteiger partial charge in [-0.3, -0.25) is 4.99 Å². The fourth-order valence-electron chi connectivity index (χ4n) is 6.08. The Labute approximate surface area is 259 Å². The summed E-state index contributed by atoms with van der Waals surface area (Å²) in [4.78, 5) is 4.86. The highest BCUT2D eigenvalue weighted by Crippen LogP contribution is 2.32. The van der Waals surface area contributed by atoms with Gasteiger partial charge in [0, 0.05) is 22.7 Å². The number of rotatable bonds is 7. The molecule has 0 bridgehead atoms. The van der Waals surface area contributed by atoms with Gasteiger partial charge in [-0.05, 0) is 77.1 Å². The predicted octanol–water partition coefficient (Wildman–Crippen LogP) is 10.9. The molecule has 1 aliphatic carbocycles. The van der Waals surface area contributed by atoms with Crippen molar-refractivity contribution in [2.45, 2.75) is 19.4 Å². The van der Waals surface area contributed by atoms with E-state index in [2.05, 4.69) is 169 Å². The van der Waals surface area contributed by atoms with E-state index in [1.165, 1.54) is 55.3 Å². The van der Waals surface area contributed by atoms with Crippen LogP contribution < -0.4 is 0 Å². The minimum atomic E-state index is 0.138. The van der Waals surface area contributed by atoms with Gasteiger partial charge in [-0.2, -0.15) is 0 Å². The Kier molecular flexibility index (Phi) is 7.72. The van der Waals surface area contributed by atoms with Crippen molar-refractivity contribution < 1.29 is 0 Å². The van der Waals surface area contributed by atoms with Crippen LogP contribution in [0.2, 0.25) is 0 Å². The molecule has 6 aromatic rings. The summed E-state index contributed by atoms with van der Waals surface area (Å²) in [6.45, 7) is 2.05. The molecule has 5 aromatic carbocycles. The highest BCUT2D eigenvalue weighted by Gasteiger charge is 2.12. The zero-order valence-electron chi connectivity index (χ0n) is 24.8. The number of hydrogen-bond donors (Lipinski definition) is 0. The van der Waals surface area contributed by atoms with Gasteiger partial charge in [-0.1, -0.05) is 134 Å². The SMILES string of the molecule is C/C=C\C(=C/C=NC1C=CC(c2ccc(-n3c4ccccc4c4ccccc43)cc2)=CC1)c1ccc(-c2ccccc2)cc1. The zero-order chi connectivity index (χ0) is 29.7. The maximum absolute atomic E-state index is 4.86. The number of hydrogen-bond acceptors (Lipinski definition) is 1. The van der Waals surface area contributed by atoms with Crippen LogP contribution in [0.25, 0.3) is 49.8 Å². The molecule has 212 valence electrons. The van der Waals surface area contributed by atoms with Crippen molar-refractivity contribution in [1.82, 2.24) is 4.57 Å². The van der Waals surface area contributed by atoms with Crippen LogP contribution in [-0.4, -0.2) is 16.8 Å². The van der Waals surface area contributed by atoms with E-state index in [4.69, 9.17) is 4.99 Å². The van der Waals surface area contributed by atoms with Crippen molar-refractivity contribution in [2.24, 2.45) is 4.99 Å². The Bertz CT molecular complexity index is 2010. The second-order valence-corrected chi connectivity index (χ2v) is 11.1. The summed E-state index contributed by atoms with van der Waals surface area (Å²) in [6, 6.07) is 45.6. The molecule has 0 amide bonds. The molecule has 1 aliphatic rings. The van der Waals surface area contributed by atoms with E-state index in [1.54, 1.807) is 0 Å². The van der Waals surface area contributed by atoms with Crippen molar-refractivity contribution in [1.29, 1.82) is 0 Å². The summed E-state index contributed by atoms with van der Waals surface area (Å²) >= 11 is 0. The molecule has 0 aliphatic heterocycles. The van der Waals surface area contributed by atoms with Crippen LogP contribution in [-0.2, 0) is 0 Å². The van der Waals surface area contributed by atoms with E-state index < -0.39 is 0 Å². The van der Waals surface area contributed by atoms with E-state index >= 15 is 0 Å². The third kappa shape index (κ3) is 5.50. The second kappa shape index (κ2) is 12.4. The maximum Gasteiger partial charge on any atom is 0.0717 e. The summed E-state index contributed by atoms with van der Waals surface area (Å²) in [5.41, 5.74) is 10.9. The molecule has 1 atom stereocenters. The van der Waals surface area contributed by atoms with Gasteiger partial charge < -0.3 is 4.57 Å². The number of allylic oxidation sites excluding steroid dienone is 6. The summed E-state index contributed by atoms with van der Waals surface area (Å²) in [5.74, 6) is 0. The van der Waals surface area contributed by atoms with E-state index in [1.807, 2.05) is 12.3 Å². The van der Waals surface area contributed by atoms with Gasteiger partial charge in [0.1, 0.15) is 0 Å². The Morgan fingerprint density at radius 2 is 1.30 bits per heavy atom. The molecule has 2 nitrogen and oxygen atoms in total. The second-order valence-electron chi connectivity index (χ2n) is 11.1. The summed E-state index contributed by atoms with van der Waals surface area (Å²) in [5, 5.41) is 2.57. The highest BCUT2D eigenvalue weighted by atomic mass is 15.0. The Morgan fingerprint density at radius 3 is 1.93 bits per heavy atom. The first-order valence-electron chi connectivity index (χ1n) is 15.3. The van der Waals surface area contributed by atoms with Gasteiger partial charge in [0.25, 0.3) is 0 Å². The molecule has 2 heteroatoms. The number of nitrogens with zero attached hydrogens (tertiary/aromatic N) is 2. The van der Waals surface area contributed by atoms with Crippen molar-refractivity contribution in [2.75, 3.05) is 0 Å². The number of aromatic nitrogens is 1. The molecule has 1 aromatic heterocycles. The average Bonchev–Trinajstić information content (AvgIpc) is 3.43. The fourth-order valence-corrected chi connectivity index (χ4v) is 6.08. The first-order valence-corrected chi connectivity index (χ1v) is 15.3. The lowest BCUT2D eigenvalue weighted by Gasteiger charge is -2.14. The molecule has 1 unspecified atom stereocenters. The molecule has 0 saturated carbocycles. The predicted molar refractivity (Wildman–Crippen MR) is 189 cm³/mol. The normalized spacial score (nSPS) is 15.5. The topological polar surface area (TPSA) is 17.3 Å². The van der Waals surface area contributed by atoms with Gasteiger partial charge in [0.05, 0.1) is 17.1 Å². The minimum Gasteiger partial charge on any atom is -0.309 e. The van der Waals surface area contributed by atoms with Crippen LogP contribution in [0.4, 0.5) is 0 Å². The average molecular weight is 567 g/mol. The first kappa shape index (κ1) is 27.4. The van der Waals surface area contributed by atoms with Crippen LogP contribution in [0.15, 0.2) is 169 Å². The van der Waals surface area contributed by atoms with Crippen molar-refractivity contribution in [3.05, 3.63) is 175 Å². The van der Waals surface area contributed by atoms with E-state index in [0.717, 1.165) is 12.0 Å². The molecule has 0 radical (unpaired) electrons. The molecule has 0 saturated heterocycles. The first-order chi connectivity index (χ1) is 21.8. The molecular formula is C42H34N2. The third-order valence-electron chi connectivity index (χ3n) is 8.32. The van der Waals surface area contributed by atoms with Gasteiger partial charge in [-0.25, -0.2) is 0 Å². The monoisotopic (exact) mass is 566 g/mol. The number of benzene rings is 5. The molecule has 1 heterocycles. The molecular weight excluding hydrogens is 532 g/mol. The molecule has 7 rings (SSSR count). The molecule has 0 N–H and O–H groups in total. The number of fused-ring (bicyclic) bond motifs is 3. The van der Waals surface area contributed by atoms with Gasteiger partial charge in [-0.15, -0.1) is 0 Å². The van der Waals surface area contributed by atoms with Crippen LogP contribution in [0, 0.1) is 0 Å². The smallest absolute Gasteiger partial charge is 0.0717 e. The Hall–Kier alpha value is -5.47. The van der Waals surface area contributed by atoms with Gasteiger partial charge in [0.15, 0.2) is 0 Å². The lowest BCUT2D eigenvalue weighted by atomic mass is 9.97. The van der Waals surface area contributed by atoms with E-state index in [9.17, 15) is 0 Å². The van der Waals surface area contributed by atoms with Gasteiger partial charge >= 0.3 is 0 Å². The van der Waals surface area contributed by atoms with E-state index in [-0.39, 0.29) is 6.04 Å². The van der Waals surface area contributed by atoms with Crippen LogP contribution in [0.5, 0.6) is 0 Å². The molecule has 44 heavy (non-hydrogen) atoms. The lowest BCUT2D eigenvalue weighted by Crippen LogP contribution is -2.03. The Balaban J connectivity index is 1.05. The maximum atomic E-state index is 4.86. The van der Waals surface area contributed by atoms with Crippen molar-refractivity contribution in [3.8, 4) is 16.8 Å². The standard InChI is InChI=1S/C42H34N2/c1-2-10-31(33-17-19-34(20-18-33)32-11-4-3-5-12-32)29-30-43-37-25-21-35(22-26-37)36-23-27-38(28-24-36)44-41-15-8-6-13-39(41)40-14-7-9-16-42(40)44/h2-25,27-30,37H,26H2,1H3/b10-2-,31-29+,43-30?. The van der Waals surface area contributed by atoms with Crippen LogP contribution in [0.1, 0.15) is 24.5 Å². The lowest BCUT2D eigenvalue weighted by molar-refractivity contribution is 0.835. The van der Waals surface area contributed by atoms with Gasteiger partial charge in [0.2, 0.25) is 0 Å². The highest BCUT2D eigenvalue weighted by molar-refractivity contribution is 6.09. The molecule has 0 spiro atoms. The van der Waals surface area contributed by atoms with Crippen molar-refractivity contribution in [3.63, 3.8) is 0 Å². The fraction of sp³-hybridized carbons (Fsp3) is 0.0714. The number of aliphatic imine (C=N–C) groups is 1. The third-order valence-corrected chi connectivity index (χ3v) is 8.32.